The molecule has 24 heavy (non-hydrogen) atoms. The Morgan fingerprint density at radius 3 is 2.83 bits per heavy atom. The number of halogens is 1. The number of benzene rings is 1. The number of amides is 1. The van der Waals surface area contributed by atoms with Gasteiger partial charge in [0.05, 0.1) is 29.3 Å². The Balaban J connectivity index is 1.81. The van der Waals surface area contributed by atoms with Gasteiger partial charge in [-0.3, -0.25) is 9.10 Å². The predicted octanol–water partition coefficient (Wildman–Crippen LogP) is 2.79. The first-order chi connectivity index (χ1) is 11.5. The van der Waals surface area contributed by atoms with E-state index in [0.29, 0.717) is 35.0 Å². The minimum Gasteiger partial charge on any atom is -0.467 e. The lowest BCUT2D eigenvalue weighted by molar-refractivity contribution is 0.0948. The Kier molecular flexibility index (Phi) is 4.82. The summed E-state index contributed by atoms with van der Waals surface area (Å²) in [5, 5.41) is 3.04. The number of sulfonamides is 1. The molecule has 0 atom stereocenters. The van der Waals surface area contributed by atoms with Crippen LogP contribution in [0, 0.1) is 0 Å². The van der Waals surface area contributed by atoms with Gasteiger partial charge in [0.1, 0.15) is 5.76 Å². The molecule has 128 valence electrons. The van der Waals surface area contributed by atoms with Gasteiger partial charge in [0.2, 0.25) is 10.0 Å². The maximum Gasteiger partial charge on any atom is 0.251 e. The van der Waals surface area contributed by atoms with Gasteiger partial charge in [0.25, 0.3) is 5.91 Å². The van der Waals surface area contributed by atoms with Crippen molar-refractivity contribution in [3.8, 4) is 0 Å². The molecule has 1 N–H and O–H groups in total. The second-order valence-corrected chi connectivity index (χ2v) is 7.94. The Morgan fingerprint density at radius 1 is 1.29 bits per heavy atom. The van der Waals surface area contributed by atoms with Gasteiger partial charge in [-0.1, -0.05) is 11.6 Å². The van der Waals surface area contributed by atoms with E-state index in [0.717, 1.165) is 6.42 Å². The van der Waals surface area contributed by atoms with E-state index in [-0.39, 0.29) is 18.2 Å². The van der Waals surface area contributed by atoms with Gasteiger partial charge in [-0.15, -0.1) is 0 Å². The summed E-state index contributed by atoms with van der Waals surface area (Å²) < 4.78 is 31.0. The third-order valence-corrected chi connectivity index (χ3v) is 6.00. The van der Waals surface area contributed by atoms with E-state index in [1.165, 1.54) is 16.6 Å². The number of nitrogens with zero attached hydrogens (tertiary/aromatic N) is 1. The van der Waals surface area contributed by atoms with Gasteiger partial charge in [0.15, 0.2) is 0 Å². The minimum absolute atomic E-state index is 0.0955. The molecule has 6 nitrogen and oxygen atoms in total. The third-order valence-electron chi connectivity index (χ3n) is 3.83. The largest absolute Gasteiger partial charge is 0.467 e. The molecule has 0 spiro atoms. The molecule has 2 heterocycles. The fourth-order valence-electron chi connectivity index (χ4n) is 2.59. The molecule has 1 aromatic carbocycles. The average molecular weight is 369 g/mol. The lowest BCUT2D eigenvalue weighted by Gasteiger charge is -2.29. The highest BCUT2D eigenvalue weighted by Gasteiger charge is 2.28. The van der Waals surface area contributed by atoms with E-state index in [9.17, 15) is 13.2 Å². The van der Waals surface area contributed by atoms with Crippen LogP contribution in [0.3, 0.4) is 0 Å². The highest BCUT2D eigenvalue weighted by molar-refractivity contribution is 7.92. The summed E-state index contributed by atoms with van der Waals surface area (Å²) >= 11 is 6.17. The van der Waals surface area contributed by atoms with E-state index in [4.69, 9.17) is 16.0 Å². The standard InChI is InChI=1S/C16H17ClN2O4S/c17-14-6-5-12(16(20)18-11-13-4-3-8-23-13)10-15(14)19-7-1-2-9-24(19,21)22/h3-6,8,10H,1-2,7,9,11H2,(H,18,20). The number of anilines is 1. The van der Waals surface area contributed by atoms with Crippen LogP contribution in [-0.4, -0.2) is 26.6 Å². The summed E-state index contributed by atoms with van der Waals surface area (Å²) in [6.45, 7) is 0.630. The molecule has 0 unspecified atom stereocenters. The Bertz CT molecular complexity index is 834. The number of hydrogen-bond acceptors (Lipinski definition) is 4. The molecule has 0 bridgehead atoms. The van der Waals surface area contributed by atoms with Crippen molar-refractivity contribution in [2.24, 2.45) is 0 Å². The zero-order chi connectivity index (χ0) is 17.2. The van der Waals surface area contributed by atoms with Crippen LogP contribution in [0.5, 0.6) is 0 Å². The Hall–Kier alpha value is -1.99. The lowest BCUT2D eigenvalue weighted by atomic mass is 10.1. The first-order valence-electron chi connectivity index (χ1n) is 7.58. The highest BCUT2D eigenvalue weighted by atomic mass is 35.5. The number of carbonyl (C=O) groups is 1. The van der Waals surface area contributed by atoms with Crippen molar-refractivity contribution >= 4 is 33.2 Å². The van der Waals surface area contributed by atoms with Crippen molar-refractivity contribution in [2.75, 3.05) is 16.6 Å². The van der Waals surface area contributed by atoms with Crippen LogP contribution in [0.25, 0.3) is 0 Å². The summed E-state index contributed by atoms with van der Waals surface area (Å²) in [6.07, 6.45) is 2.94. The third kappa shape index (κ3) is 3.57. The van der Waals surface area contributed by atoms with Crippen molar-refractivity contribution in [3.05, 3.63) is 52.9 Å². The van der Waals surface area contributed by atoms with Crippen LogP contribution >= 0.6 is 11.6 Å². The van der Waals surface area contributed by atoms with Crippen LogP contribution in [0.4, 0.5) is 5.69 Å². The van der Waals surface area contributed by atoms with Gasteiger partial charge in [-0.25, -0.2) is 8.42 Å². The maximum absolute atomic E-state index is 12.3. The Morgan fingerprint density at radius 2 is 2.12 bits per heavy atom. The van der Waals surface area contributed by atoms with Crippen molar-refractivity contribution in [1.82, 2.24) is 5.32 Å². The molecular formula is C16H17ClN2O4S. The molecule has 1 aliphatic heterocycles. The van der Waals surface area contributed by atoms with Crippen molar-refractivity contribution < 1.29 is 17.6 Å². The molecule has 8 heteroatoms. The van der Waals surface area contributed by atoms with Crippen LogP contribution in [0.2, 0.25) is 5.02 Å². The van der Waals surface area contributed by atoms with Crippen molar-refractivity contribution in [3.63, 3.8) is 0 Å². The van der Waals surface area contributed by atoms with Gasteiger partial charge in [0, 0.05) is 12.1 Å². The second-order valence-electron chi connectivity index (χ2n) is 5.52. The van der Waals surface area contributed by atoms with Gasteiger partial charge in [-0.05, 0) is 43.2 Å². The molecule has 1 aromatic heterocycles. The van der Waals surface area contributed by atoms with Crippen molar-refractivity contribution in [1.29, 1.82) is 0 Å². The van der Waals surface area contributed by atoms with Crippen LogP contribution < -0.4 is 9.62 Å². The smallest absolute Gasteiger partial charge is 0.251 e. The number of furan rings is 1. The molecule has 0 radical (unpaired) electrons. The average Bonchev–Trinajstić information content (AvgIpc) is 3.06. The minimum atomic E-state index is -3.39. The van der Waals surface area contributed by atoms with Crippen LogP contribution in [0.15, 0.2) is 41.0 Å². The summed E-state index contributed by atoms with van der Waals surface area (Å²) in [7, 11) is -3.39. The highest BCUT2D eigenvalue weighted by Crippen LogP contribution is 2.31. The van der Waals surface area contributed by atoms with E-state index >= 15 is 0 Å². The molecule has 1 aliphatic rings. The zero-order valence-electron chi connectivity index (χ0n) is 12.9. The maximum atomic E-state index is 12.3. The van der Waals surface area contributed by atoms with Gasteiger partial charge < -0.3 is 9.73 Å². The molecule has 2 aromatic rings. The van der Waals surface area contributed by atoms with Gasteiger partial charge >= 0.3 is 0 Å². The SMILES string of the molecule is O=C(NCc1ccco1)c1ccc(Cl)c(N2CCCCS2(=O)=O)c1. The molecule has 1 amide bonds. The fourth-order valence-corrected chi connectivity index (χ4v) is 4.50. The summed E-state index contributed by atoms with van der Waals surface area (Å²) in [6, 6.07) is 8.13. The number of nitrogens with one attached hydrogen (secondary N) is 1. The molecule has 0 saturated carbocycles. The summed E-state index contributed by atoms with van der Waals surface area (Å²) in [5.74, 6) is 0.410. The quantitative estimate of drug-likeness (QED) is 0.899. The normalized spacial score (nSPS) is 16.8. The molecular weight excluding hydrogens is 352 g/mol. The number of rotatable bonds is 4. The topological polar surface area (TPSA) is 79.6 Å². The van der Waals surface area contributed by atoms with E-state index in [1.807, 2.05) is 0 Å². The van der Waals surface area contributed by atoms with E-state index in [1.54, 1.807) is 24.3 Å². The van der Waals surface area contributed by atoms with Crippen LogP contribution in [-0.2, 0) is 16.6 Å². The zero-order valence-corrected chi connectivity index (χ0v) is 14.4. The summed E-state index contributed by atoms with van der Waals surface area (Å²) in [4.78, 5) is 12.3. The van der Waals surface area contributed by atoms with E-state index < -0.39 is 10.0 Å². The second kappa shape index (κ2) is 6.86. The molecule has 3 rings (SSSR count). The lowest BCUT2D eigenvalue weighted by Crippen LogP contribution is -2.38. The fraction of sp³-hybridized carbons (Fsp3) is 0.312. The molecule has 1 fully saturated rings. The van der Waals surface area contributed by atoms with E-state index in [2.05, 4.69) is 5.32 Å². The first-order valence-corrected chi connectivity index (χ1v) is 9.56. The first kappa shape index (κ1) is 16.9. The Labute approximate surface area is 145 Å². The van der Waals surface area contributed by atoms with Crippen LogP contribution in [0.1, 0.15) is 29.0 Å². The number of hydrogen-bond donors (Lipinski definition) is 1. The molecule has 0 aliphatic carbocycles. The molecule has 1 saturated heterocycles. The number of carbonyl (C=O) groups excluding carboxylic acids is 1. The summed E-state index contributed by atoms with van der Waals surface area (Å²) in [5.41, 5.74) is 0.698. The predicted molar refractivity (Wildman–Crippen MR) is 91.7 cm³/mol. The monoisotopic (exact) mass is 368 g/mol. The van der Waals surface area contributed by atoms with Gasteiger partial charge in [-0.2, -0.15) is 0 Å². The van der Waals surface area contributed by atoms with Crippen molar-refractivity contribution in [2.45, 2.75) is 19.4 Å².